The van der Waals surface area contributed by atoms with E-state index in [2.05, 4.69) is 11.6 Å². The number of rotatable bonds is 10. The fraction of sp³-hybridized carbons (Fsp3) is 0.250. The van der Waals surface area contributed by atoms with Gasteiger partial charge in [0.15, 0.2) is 116 Å². The number of benzene rings is 5. The Hall–Kier alpha value is -3.10. The fourth-order valence-corrected chi connectivity index (χ4v) is 7.16. The van der Waals surface area contributed by atoms with Crippen LogP contribution in [-0.4, -0.2) is 0 Å². The SMILES string of the molecule is Fc1c(F)c(C(Cl)Cl)c(F)c(F)c1C(Cl)Cl.Fc1c(F)c(C(Cl)Cl)c(F)c(F)c1C(F)Cl.Fc1c(F)c(C(Cl)Cl)c(F)c(F)c1C(F)F.Fc1c(F)c(C(F)Cl)c(F)c(F)c1C(F)F.Fc1c(F)c(C(F)F)c(F)c(F)c1C(F)F. The Morgan fingerprint density at radius 3 is 0.312 bits per heavy atom. The fourth-order valence-electron chi connectivity index (χ4n) is 5.24. The predicted molar refractivity (Wildman–Crippen MR) is 228 cm³/mol. The standard InChI is InChI=1S/C8H2Cl4F4.C8H2Cl3F5.C8H2Cl2F6.C8H2ClF7.C8H2F8/c9-7(10)1-3(13)5(15)2(8(11)12)6(16)4(1)14;9-7(10)1-3(12)5(14)2(8(11)16)6(15)4(1)13;9-7(10)1-3(11)5(13)2(8(15)16)6(14)4(1)12;9-7(14)1-3(10)5(12)2(8(15)16)6(13)4(1)11;9-3-1(7(13)14)4(10)6(12)2(5(3)11)8(15)16/h5*7-8H. The van der Waals surface area contributed by atoms with Crippen molar-refractivity contribution in [2.45, 2.75) is 56.3 Å². The maximum atomic E-state index is 13.2. The maximum Gasteiger partial charge on any atom is 0.269 e. The van der Waals surface area contributed by atoms with E-state index in [0.717, 1.165) is 0 Å². The monoisotopic (exact) mass is 1410 g/mol. The van der Waals surface area contributed by atoms with Crippen LogP contribution in [0.4, 0.5) is 132 Å². The Morgan fingerprint density at radius 1 is 0.150 bits per heavy atom. The van der Waals surface area contributed by atoms with E-state index in [9.17, 15) is 132 Å². The van der Waals surface area contributed by atoms with Crippen LogP contribution in [0.2, 0.25) is 0 Å². The van der Waals surface area contributed by atoms with E-state index in [1.807, 2.05) is 0 Å². The largest absolute Gasteiger partial charge is 0.269 e. The van der Waals surface area contributed by atoms with Gasteiger partial charge in [0.2, 0.25) is 11.3 Å². The molecule has 5 aromatic carbocycles. The summed E-state index contributed by atoms with van der Waals surface area (Å²) in [7, 11) is 0. The summed E-state index contributed by atoms with van der Waals surface area (Å²) in [6, 6.07) is 0. The van der Waals surface area contributed by atoms with Gasteiger partial charge in [-0.1, -0.05) is 116 Å². The van der Waals surface area contributed by atoms with Crippen LogP contribution in [0.25, 0.3) is 0 Å². The second-order valence-electron chi connectivity index (χ2n) is 13.4. The molecule has 0 saturated heterocycles. The first-order valence-electron chi connectivity index (χ1n) is 18.5. The summed E-state index contributed by atoms with van der Waals surface area (Å²) in [4.78, 5) is -7.23. The van der Waals surface area contributed by atoms with Crippen LogP contribution in [0, 0.1) is 116 Å². The minimum absolute atomic E-state index is 1.11. The van der Waals surface area contributed by atoms with Crippen molar-refractivity contribution in [2.75, 3.05) is 0 Å². The first-order chi connectivity index (χ1) is 36.4. The highest BCUT2D eigenvalue weighted by atomic mass is 35.5. The van der Waals surface area contributed by atoms with Gasteiger partial charge in [-0.3, -0.25) is 0 Å². The van der Waals surface area contributed by atoms with Gasteiger partial charge in [-0.2, -0.15) is 0 Å². The molecule has 5 rings (SSSR count). The zero-order chi connectivity index (χ0) is 63.1. The number of hydrogen-bond acceptors (Lipinski definition) is 0. The lowest BCUT2D eigenvalue weighted by Gasteiger charge is -2.12. The van der Waals surface area contributed by atoms with Crippen molar-refractivity contribution in [3.05, 3.63) is 172 Å². The van der Waals surface area contributed by atoms with Crippen LogP contribution in [0.5, 0.6) is 0 Å². The molecule has 0 aliphatic heterocycles. The van der Waals surface area contributed by atoms with Gasteiger partial charge in [0.1, 0.15) is 19.3 Å². The van der Waals surface area contributed by atoms with Crippen LogP contribution in [0.3, 0.4) is 0 Å². The van der Waals surface area contributed by atoms with Crippen LogP contribution in [-0.2, 0) is 0 Å². The lowest BCUT2D eigenvalue weighted by molar-refractivity contribution is 0.125. The van der Waals surface area contributed by atoms with E-state index >= 15 is 0 Å². The second-order valence-corrected chi connectivity index (χ2v) is 18.6. The molecule has 0 heterocycles. The van der Waals surface area contributed by atoms with Crippen molar-refractivity contribution in [1.29, 1.82) is 0 Å². The Morgan fingerprint density at radius 2 is 0.237 bits per heavy atom. The molecule has 0 fully saturated rings. The molecule has 80 heavy (non-hydrogen) atoms. The van der Waals surface area contributed by atoms with Gasteiger partial charge in [-0.05, 0) is 0 Å². The highest BCUT2D eigenvalue weighted by Crippen LogP contribution is 2.42. The van der Waals surface area contributed by atoms with Gasteiger partial charge in [-0.25, -0.2) is 132 Å². The topological polar surface area (TPSA) is 0 Å². The van der Waals surface area contributed by atoms with Gasteiger partial charge < -0.3 is 0 Å². The lowest BCUT2D eigenvalue weighted by atomic mass is 10.1. The summed E-state index contributed by atoms with van der Waals surface area (Å²) < 4.78 is 381. The summed E-state index contributed by atoms with van der Waals surface area (Å²) in [5.74, 6) is -42.2. The van der Waals surface area contributed by atoms with Gasteiger partial charge in [0.25, 0.3) is 25.7 Å². The third kappa shape index (κ3) is 16.6. The van der Waals surface area contributed by atoms with Crippen molar-refractivity contribution >= 4 is 116 Å². The summed E-state index contributed by atoms with van der Waals surface area (Å²) in [5, 5.41) is 0. The van der Waals surface area contributed by atoms with Crippen molar-refractivity contribution < 1.29 is 132 Å². The molecule has 0 aliphatic carbocycles. The molecular formula is C40H10Cl10F30. The Balaban J connectivity index is 0.000000500. The average Bonchev–Trinajstić information content (AvgIpc) is 3.31. The van der Waals surface area contributed by atoms with Crippen LogP contribution >= 0.6 is 116 Å². The molecule has 450 valence electrons. The van der Waals surface area contributed by atoms with Gasteiger partial charge in [0.05, 0.1) is 55.6 Å². The summed E-state index contributed by atoms with van der Waals surface area (Å²) in [6.45, 7) is 0. The van der Waals surface area contributed by atoms with E-state index in [4.69, 9.17) is 104 Å². The van der Waals surface area contributed by atoms with Gasteiger partial charge in [0, 0.05) is 0 Å². The molecule has 0 aliphatic rings. The molecule has 0 aromatic heterocycles. The predicted octanol–water partition coefficient (Wildman–Crippen LogP) is 23.3. The van der Waals surface area contributed by atoms with E-state index in [1.165, 1.54) is 0 Å². The third-order valence-corrected chi connectivity index (χ3v) is 11.0. The zero-order valence-corrected chi connectivity index (χ0v) is 43.5. The molecule has 0 nitrogen and oxygen atoms in total. The van der Waals surface area contributed by atoms with Gasteiger partial charge >= 0.3 is 0 Å². The zero-order valence-electron chi connectivity index (χ0n) is 35.9. The van der Waals surface area contributed by atoms with E-state index in [-0.39, 0.29) is 0 Å². The molecule has 5 aromatic rings. The highest BCUT2D eigenvalue weighted by molar-refractivity contribution is 6.45. The maximum absolute atomic E-state index is 13.2. The quantitative estimate of drug-likeness (QED) is 0.0743. The molecule has 0 radical (unpaired) electrons. The number of alkyl halides is 20. The molecule has 0 saturated carbocycles. The summed E-state index contributed by atoms with van der Waals surface area (Å²) in [6.07, 6.45) is -15.2. The van der Waals surface area contributed by atoms with E-state index in [1.54, 1.807) is 0 Å². The van der Waals surface area contributed by atoms with E-state index in [0.29, 0.717) is 0 Å². The summed E-state index contributed by atoms with van der Waals surface area (Å²) >= 11 is 50.4. The van der Waals surface area contributed by atoms with E-state index < -0.39 is 228 Å². The molecular weight excluding hydrogens is 1400 g/mol. The van der Waals surface area contributed by atoms with Crippen molar-refractivity contribution in [2.24, 2.45) is 0 Å². The highest BCUT2D eigenvalue weighted by Gasteiger charge is 2.37. The van der Waals surface area contributed by atoms with Crippen molar-refractivity contribution in [3.63, 3.8) is 0 Å². The van der Waals surface area contributed by atoms with Crippen molar-refractivity contribution in [1.82, 2.24) is 0 Å². The molecule has 40 heteroatoms. The minimum Gasteiger partial charge on any atom is -0.224 e. The summed E-state index contributed by atoms with van der Waals surface area (Å²) in [5.41, 5.74) is -22.1. The first kappa shape index (κ1) is 74.9. The molecule has 0 spiro atoms. The van der Waals surface area contributed by atoms with Crippen LogP contribution in [0.15, 0.2) is 0 Å². The molecule has 0 N–H and O–H groups in total. The third-order valence-electron chi connectivity index (χ3n) is 8.84. The average molecular weight is 1410 g/mol. The second kappa shape index (κ2) is 31.2. The minimum atomic E-state index is -3.85. The Bertz CT molecular complexity index is 2210. The number of hydrogen-bond donors (Lipinski definition) is 0. The molecule has 2 atom stereocenters. The number of halogens is 40. The first-order valence-corrected chi connectivity index (χ1v) is 22.9. The van der Waals surface area contributed by atoms with Crippen LogP contribution in [0.1, 0.15) is 112 Å². The smallest absolute Gasteiger partial charge is 0.224 e. The van der Waals surface area contributed by atoms with Crippen LogP contribution < -0.4 is 0 Å². The molecule has 0 bridgehead atoms. The lowest BCUT2D eigenvalue weighted by Crippen LogP contribution is -2.09. The Kier molecular flexibility index (Phi) is 29.2. The molecule has 0 amide bonds. The Labute approximate surface area is 473 Å². The molecule has 2 unspecified atom stereocenters. The van der Waals surface area contributed by atoms with Gasteiger partial charge in [-0.15, -0.1) is 0 Å². The van der Waals surface area contributed by atoms with Crippen molar-refractivity contribution in [3.8, 4) is 0 Å². The normalized spacial score (nSPS) is 12.3.